The fourth-order valence-electron chi connectivity index (χ4n) is 2.86. The third kappa shape index (κ3) is 6.00. The molecule has 0 aliphatic carbocycles. The van der Waals surface area contributed by atoms with E-state index in [9.17, 15) is 0 Å². The Hall–Kier alpha value is -1.04. The molecule has 0 atom stereocenters. The number of unbranched alkanes of at least 4 members (excludes halogenated alkanes) is 4. The first kappa shape index (κ1) is 21.3. The molecule has 4 nitrogen and oxygen atoms in total. The van der Waals surface area contributed by atoms with Crippen molar-refractivity contribution < 1.29 is 18.8 Å². The van der Waals surface area contributed by atoms with E-state index in [0.717, 1.165) is 24.2 Å². The van der Waals surface area contributed by atoms with Gasteiger partial charge in [0.1, 0.15) is 12.4 Å². The molecule has 0 saturated carbocycles. The zero-order chi connectivity index (χ0) is 19.0. The monoisotopic (exact) mass is 362 g/mol. The Morgan fingerprint density at radius 1 is 0.885 bits per heavy atom. The lowest BCUT2D eigenvalue weighted by Crippen LogP contribution is -2.41. The molecule has 1 aromatic rings. The molecule has 0 unspecified atom stereocenters. The molecule has 1 fully saturated rings. The molecule has 1 aliphatic heterocycles. The van der Waals surface area contributed by atoms with Gasteiger partial charge in [-0.2, -0.15) is 0 Å². The molecular weight excluding hydrogens is 327 g/mol. The Morgan fingerprint density at radius 2 is 1.58 bits per heavy atom. The topological polar surface area (TPSA) is 36.9 Å². The summed E-state index contributed by atoms with van der Waals surface area (Å²) in [6.07, 6.45) is 6.30. The maximum Gasteiger partial charge on any atom is 0.494 e. The predicted octanol–water partition coefficient (Wildman–Crippen LogP) is 4.35. The SMILES string of the molecule is CCCCCCCOCCOc1cccc(B2OC(C)(C)C(C)(C)O2)c1. The second kappa shape index (κ2) is 9.77. The minimum absolute atomic E-state index is 0.334. The molecule has 1 aliphatic rings. The van der Waals surface area contributed by atoms with Gasteiger partial charge in [-0.3, -0.25) is 0 Å². The van der Waals surface area contributed by atoms with Crippen LogP contribution in [0, 0.1) is 0 Å². The van der Waals surface area contributed by atoms with Gasteiger partial charge >= 0.3 is 7.12 Å². The molecule has 0 amide bonds. The van der Waals surface area contributed by atoms with Gasteiger partial charge in [0.15, 0.2) is 0 Å². The molecule has 0 bridgehead atoms. The number of hydrogen-bond donors (Lipinski definition) is 0. The van der Waals surface area contributed by atoms with Crippen molar-refractivity contribution in [3.8, 4) is 5.75 Å². The van der Waals surface area contributed by atoms with E-state index >= 15 is 0 Å². The summed E-state index contributed by atoms with van der Waals surface area (Å²) in [5.74, 6) is 0.823. The Balaban J connectivity index is 1.71. The Kier molecular flexibility index (Phi) is 7.99. The standard InChI is InChI=1S/C21H35BO4/c1-6-7-8-9-10-14-23-15-16-24-19-13-11-12-18(17-19)22-25-20(2,3)21(4,5)26-22/h11-13,17H,6-10,14-16H2,1-5H3. The van der Waals surface area contributed by atoms with Crippen molar-refractivity contribution in [2.75, 3.05) is 19.8 Å². The van der Waals surface area contributed by atoms with Gasteiger partial charge in [-0.15, -0.1) is 0 Å². The van der Waals surface area contributed by atoms with E-state index in [2.05, 4.69) is 34.6 Å². The van der Waals surface area contributed by atoms with Crippen LogP contribution in [0.4, 0.5) is 0 Å². The molecule has 0 aromatic heterocycles. The molecule has 5 heteroatoms. The first-order valence-corrected chi connectivity index (χ1v) is 10.0. The van der Waals surface area contributed by atoms with Crippen molar-refractivity contribution >= 4 is 12.6 Å². The summed E-state index contributed by atoms with van der Waals surface area (Å²) in [6.45, 7) is 12.5. The van der Waals surface area contributed by atoms with Crippen molar-refractivity contribution in [3.63, 3.8) is 0 Å². The maximum atomic E-state index is 6.10. The van der Waals surface area contributed by atoms with Crippen molar-refractivity contribution in [2.24, 2.45) is 0 Å². The van der Waals surface area contributed by atoms with E-state index in [1.165, 1.54) is 25.7 Å². The maximum absolute atomic E-state index is 6.10. The number of rotatable bonds is 11. The van der Waals surface area contributed by atoms with Crippen LogP contribution in [0.25, 0.3) is 0 Å². The largest absolute Gasteiger partial charge is 0.494 e. The van der Waals surface area contributed by atoms with Crippen LogP contribution >= 0.6 is 0 Å². The molecule has 1 heterocycles. The highest BCUT2D eigenvalue weighted by Crippen LogP contribution is 2.36. The van der Waals surface area contributed by atoms with Gasteiger partial charge in [-0.25, -0.2) is 0 Å². The van der Waals surface area contributed by atoms with Crippen LogP contribution in [0.5, 0.6) is 5.75 Å². The minimum Gasteiger partial charge on any atom is -0.491 e. The molecule has 1 saturated heterocycles. The van der Waals surface area contributed by atoms with Crippen LogP contribution in [0.3, 0.4) is 0 Å². The lowest BCUT2D eigenvalue weighted by molar-refractivity contribution is 0.00578. The molecule has 146 valence electrons. The molecule has 0 radical (unpaired) electrons. The highest BCUT2D eigenvalue weighted by atomic mass is 16.7. The molecule has 0 spiro atoms. The summed E-state index contributed by atoms with van der Waals surface area (Å²) >= 11 is 0. The number of benzene rings is 1. The predicted molar refractivity (Wildman–Crippen MR) is 107 cm³/mol. The molecule has 0 N–H and O–H groups in total. The van der Waals surface area contributed by atoms with E-state index < -0.39 is 0 Å². The van der Waals surface area contributed by atoms with Gasteiger partial charge < -0.3 is 18.8 Å². The molecule has 26 heavy (non-hydrogen) atoms. The number of ether oxygens (including phenoxy) is 2. The minimum atomic E-state index is -0.358. The summed E-state index contributed by atoms with van der Waals surface area (Å²) in [6, 6.07) is 7.94. The van der Waals surface area contributed by atoms with Gasteiger partial charge in [0.25, 0.3) is 0 Å². The highest BCUT2D eigenvalue weighted by molar-refractivity contribution is 6.62. The van der Waals surface area contributed by atoms with Gasteiger partial charge in [0.2, 0.25) is 0 Å². The highest BCUT2D eigenvalue weighted by Gasteiger charge is 2.51. The van der Waals surface area contributed by atoms with Crippen LogP contribution in [0.15, 0.2) is 24.3 Å². The molecular formula is C21H35BO4. The van der Waals surface area contributed by atoms with Crippen LogP contribution < -0.4 is 10.2 Å². The van der Waals surface area contributed by atoms with Crippen molar-refractivity contribution in [1.29, 1.82) is 0 Å². The van der Waals surface area contributed by atoms with E-state index in [1.54, 1.807) is 0 Å². The average Bonchev–Trinajstić information content (AvgIpc) is 2.81. The summed E-state index contributed by atoms with van der Waals surface area (Å²) in [5, 5.41) is 0. The Bertz CT molecular complexity index is 529. The Morgan fingerprint density at radius 3 is 2.27 bits per heavy atom. The molecule has 2 rings (SSSR count). The summed E-state index contributed by atoms with van der Waals surface area (Å²) < 4.78 is 23.7. The van der Waals surface area contributed by atoms with E-state index in [1.807, 2.05) is 24.3 Å². The zero-order valence-electron chi connectivity index (χ0n) is 17.2. The van der Waals surface area contributed by atoms with E-state index in [-0.39, 0.29) is 18.3 Å². The smallest absolute Gasteiger partial charge is 0.491 e. The summed E-state index contributed by atoms with van der Waals surface area (Å²) in [7, 11) is -0.358. The van der Waals surface area contributed by atoms with Crippen LogP contribution in [-0.2, 0) is 14.0 Å². The molecule has 1 aromatic carbocycles. The quantitative estimate of drug-likeness (QED) is 0.433. The third-order valence-corrected chi connectivity index (χ3v) is 5.27. The second-order valence-corrected chi connectivity index (χ2v) is 8.04. The fourth-order valence-corrected chi connectivity index (χ4v) is 2.86. The fraction of sp³-hybridized carbons (Fsp3) is 0.714. The van der Waals surface area contributed by atoms with Crippen molar-refractivity contribution in [1.82, 2.24) is 0 Å². The van der Waals surface area contributed by atoms with Crippen molar-refractivity contribution in [2.45, 2.75) is 77.9 Å². The second-order valence-electron chi connectivity index (χ2n) is 8.04. The number of hydrogen-bond acceptors (Lipinski definition) is 4. The first-order valence-electron chi connectivity index (χ1n) is 10.0. The van der Waals surface area contributed by atoms with Crippen LogP contribution in [-0.4, -0.2) is 38.1 Å². The average molecular weight is 362 g/mol. The van der Waals surface area contributed by atoms with Gasteiger partial charge in [-0.05, 0) is 51.7 Å². The van der Waals surface area contributed by atoms with Crippen LogP contribution in [0.1, 0.15) is 66.7 Å². The summed E-state index contributed by atoms with van der Waals surface area (Å²) in [4.78, 5) is 0. The van der Waals surface area contributed by atoms with Gasteiger partial charge in [0, 0.05) is 6.61 Å². The Labute approximate surface area is 159 Å². The lowest BCUT2D eigenvalue weighted by Gasteiger charge is -2.32. The summed E-state index contributed by atoms with van der Waals surface area (Å²) in [5.41, 5.74) is 0.317. The van der Waals surface area contributed by atoms with Crippen molar-refractivity contribution in [3.05, 3.63) is 24.3 Å². The normalized spacial score (nSPS) is 18.3. The van der Waals surface area contributed by atoms with Gasteiger partial charge in [0.05, 0.1) is 17.8 Å². The van der Waals surface area contributed by atoms with Gasteiger partial charge in [-0.1, -0.05) is 44.7 Å². The van der Waals surface area contributed by atoms with Crippen LogP contribution in [0.2, 0.25) is 0 Å². The zero-order valence-corrected chi connectivity index (χ0v) is 17.2. The van der Waals surface area contributed by atoms with E-state index in [4.69, 9.17) is 18.8 Å². The van der Waals surface area contributed by atoms with E-state index in [0.29, 0.717) is 13.2 Å². The lowest BCUT2D eigenvalue weighted by atomic mass is 9.79. The first-order chi connectivity index (χ1) is 12.4. The third-order valence-electron chi connectivity index (χ3n) is 5.27.